The quantitative estimate of drug-likeness (QED) is 0.423. The number of hydrogen-bond acceptors (Lipinski definition) is 0. The van der Waals surface area contributed by atoms with Crippen molar-refractivity contribution in [2.24, 2.45) is 0 Å². The molecule has 0 saturated carbocycles. The minimum atomic E-state index is 0. The van der Waals surface area contributed by atoms with Crippen LogP contribution in [-0.2, 0) is 0 Å². The predicted molar refractivity (Wildman–Crippen MR) is 41.9 cm³/mol. The van der Waals surface area contributed by atoms with Gasteiger partial charge >= 0.3 is 0 Å². The topological polar surface area (TPSA) is 8.81 Å². The summed E-state index contributed by atoms with van der Waals surface area (Å²) in [6.07, 6.45) is 8.00. The molecule has 2 nitrogen and oxygen atoms in total. The van der Waals surface area contributed by atoms with Crippen LogP contribution in [0.25, 0.3) is 0 Å². The van der Waals surface area contributed by atoms with E-state index >= 15 is 0 Å². The van der Waals surface area contributed by atoms with Gasteiger partial charge in [-0.1, -0.05) is 10.7 Å². The summed E-state index contributed by atoms with van der Waals surface area (Å²) in [5.41, 5.74) is 0. The molecule has 2 aromatic rings. The van der Waals surface area contributed by atoms with Crippen molar-refractivity contribution < 1.29 is 28.7 Å². The average molecular weight is 272 g/mol. The SMILES string of the molecule is [I-].c1cc[n+](-n2cccc2)cc1. The fourth-order valence-electron chi connectivity index (χ4n) is 1.02. The van der Waals surface area contributed by atoms with Crippen LogP contribution in [0.5, 0.6) is 0 Å². The molecule has 0 amide bonds. The van der Waals surface area contributed by atoms with E-state index in [0.29, 0.717) is 0 Å². The van der Waals surface area contributed by atoms with Crippen molar-refractivity contribution in [1.82, 2.24) is 4.68 Å². The zero-order chi connectivity index (χ0) is 7.52. The van der Waals surface area contributed by atoms with Gasteiger partial charge in [-0.25, -0.2) is 0 Å². The van der Waals surface area contributed by atoms with Gasteiger partial charge in [-0.05, 0) is 12.1 Å². The molecule has 0 N–H and O–H groups in total. The molecule has 2 rings (SSSR count). The molecular formula is C9H9IN2. The van der Waals surface area contributed by atoms with Crippen LogP contribution < -0.4 is 28.7 Å². The lowest BCUT2D eigenvalue weighted by molar-refractivity contribution is -0.727. The summed E-state index contributed by atoms with van der Waals surface area (Å²) in [5, 5.41) is 0. The normalized spacial score (nSPS) is 9.00. The third-order valence-corrected chi connectivity index (χ3v) is 1.56. The summed E-state index contributed by atoms with van der Waals surface area (Å²) >= 11 is 0. The molecule has 0 radical (unpaired) electrons. The summed E-state index contributed by atoms with van der Waals surface area (Å²) in [6, 6.07) is 10.0. The number of halogens is 1. The van der Waals surface area contributed by atoms with Crippen LogP contribution >= 0.6 is 0 Å². The van der Waals surface area contributed by atoms with Crippen molar-refractivity contribution in [1.29, 1.82) is 0 Å². The van der Waals surface area contributed by atoms with Gasteiger partial charge in [-0.2, -0.15) is 0 Å². The first kappa shape index (κ1) is 9.25. The standard InChI is InChI=1S/C9H9N2.HI/c1-2-6-10(7-3-1)11-8-4-5-9-11;/h1-9H;1H/q+1;/p-1. The first-order valence-corrected chi connectivity index (χ1v) is 3.57. The largest absolute Gasteiger partial charge is 1.00 e. The molecule has 0 aliphatic heterocycles. The second-order valence-electron chi connectivity index (χ2n) is 2.32. The van der Waals surface area contributed by atoms with Gasteiger partial charge in [0.05, 0.1) is 12.4 Å². The Labute approximate surface area is 88.5 Å². The maximum atomic E-state index is 2.00. The molecule has 0 bridgehead atoms. The Morgan fingerprint density at radius 1 is 0.750 bits per heavy atom. The average Bonchev–Trinajstić information content (AvgIpc) is 2.58. The highest BCUT2D eigenvalue weighted by molar-refractivity contribution is 4.89. The third kappa shape index (κ3) is 1.85. The highest BCUT2D eigenvalue weighted by atomic mass is 127. The fourth-order valence-corrected chi connectivity index (χ4v) is 1.02. The van der Waals surface area contributed by atoms with Crippen LogP contribution in [0.1, 0.15) is 0 Å². The second kappa shape index (κ2) is 4.25. The molecule has 0 saturated heterocycles. The van der Waals surface area contributed by atoms with E-state index in [-0.39, 0.29) is 24.0 Å². The van der Waals surface area contributed by atoms with Crippen LogP contribution in [0.2, 0.25) is 0 Å². The van der Waals surface area contributed by atoms with Gasteiger partial charge in [0.1, 0.15) is 0 Å². The minimum absolute atomic E-state index is 0. The predicted octanol–water partition coefficient (Wildman–Crippen LogP) is -1.91. The number of pyridine rings is 1. The maximum Gasteiger partial charge on any atom is 0.200 e. The summed E-state index contributed by atoms with van der Waals surface area (Å²) in [5.74, 6) is 0. The van der Waals surface area contributed by atoms with Crippen molar-refractivity contribution in [3.05, 3.63) is 55.1 Å². The van der Waals surface area contributed by atoms with E-state index in [2.05, 4.69) is 0 Å². The van der Waals surface area contributed by atoms with Gasteiger partial charge in [0, 0.05) is 12.1 Å². The van der Waals surface area contributed by atoms with E-state index in [1.807, 2.05) is 64.5 Å². The number of aromatic nitrogens is 2. The lowest BCUT2D eigenvalue weighted by Gasteiger charge is -1.91. The Morgan fingerprint density at radius 2 is 1.33 bits per heavy atom. The summed E-state index contributed by atoms with van der Waals surface area (Å²) < 4.78 is 4.00. The van der Waals surface area contributed by atoms with Gasteiger partial charge < -0.3 is 24.0 Å². The van der Waals surface area contributed by atoms with E-state index in [9.17, 15) is 0 Å². The van der Waals surface area contributed by atoms with Crippen LogP contribution in [0, 0.1) is 0 Å². The molecule has 62 valence electrons. The van der Waals surface area contributed by atoms with E-state index in [1.165, 1.54) is 0 Å². The van der Waals surface area contributed by atoms with E-state index in [1.54, 1.807) is 0 Å². The Hall–Kier alpha value is -0.840. The smallest absolute Gasteiger partial charge is 0.200 e. The van der Waals surface area contributed by atoms with Crippen molar-refractivity contribution in [2.75, 3.05) is 0 Å². The zero-order valence-corrected chi connectivity index (χ0v) is 8.63. The lowest BCUT2D eigenvalue weighted by atomic mass is 10.5. The van der Waals surface area contributed by atoms with Gasteiger partial charge in [-0.15, -0.1) is 4.68 Å². The van der Waals surface area contributed by atoms with Crippen molar-refractivity contribution in [2.45, 2.75) is 0 Å². The van der Waals surface area contributed by atoms with Crippen LogP contribution in [0.3, 0.4) is 0 Å². The molecular weight excluding hydrogens is 263 g/mol. The van der Waals surface area contributed by atoms with E-state index in [4.69, 9.17) is 0 Å². The first-order chi connectivity index (χ1) is 5.47. The molecule has 0 atom stereocenters. The summed E-state index contributed by atoms with van der Waals surface area (Å²) in [4.78, 5) is 0. The maximum absolute atomic E-state index is 2.00. The Kier molecular flexibility index (Phi) is 3.28. The first-order valence-electron chi connectivity index (χ1n) is 3.57. The highest BCUT2D eigenvalue weighted by Gasteiger charge is 1.96. The molecule has 12 heavy (non-hydrogen) atoms. The Balaban J connectivity index is 0.000000720. The van der Waals surface area contributed by atoms with Gasteiger partial charge in [0.25, 0.3) is 0 Å². The van der Waals surface area contributed by atoms with Crippen molar-refractivity contribution in [3.8, 4) is 0 Å². The Bertz CT molecular complexity index is 316. The monoisotopic (exact) mass is 272 g/mol. The van der Waals surface area contributed by atoms with E-state index < -0.39 is 0 Å². The molecule has 0 aliphatic carbocycles. The zero-order valence-electron chi connectivity index (χ0n) is 6.47. The number of hydrogen-bond donors (Lipinski definition) is 0. The molecule has 2 aromatic heterocycles. The molecule has 0 unspecified atom stereocenters. The fraction of sp³-hybridized carbons (Fsp3) is 0. The molecule has 2 heterocycles. The summed E-state index contributed by atoms with van der Waals surface area (Å²) in [6.45, 7) is 0. The second-order valence-corrected chi connectivity index (χ2v) is 2.32. The number of rotatable bonds is 1. The van der Waals surface area contributed by atoms with Gasteiger partial charge in [0.2, 0.25) is 0 Å². The lowest BCUT2D eigenvalue weighted by Crippen LogP contribution is -3.00. The molecule has 0 spiro atoms. The molecule has 0 aliphatic rings. The van der Waals surface area contributed by atoms with Crippen molar-refractivity contribution >= 4 is 0 Å². The van der Waals surface area contributed by atoms with Crippen LogP contribution in [0.15, 0.2) is 55.1 Å². The highest BCUT2D eigenvalue weighted by Crippen LogP contribution is 1.84. The molecule has 0 fully saturated rings. The third-order valence-electron chi connectivity index (χ3n) is 1.56. The number of nitrogens with zero attached hydrogens (tertiary/aromatic N) is 2. The minimum Gasteiger partial charge on any atom is -1.00 e. The summed E-state index contributed by atoms with van der Waals surface area (Å²) in [7, 11) is 0. The Morgan fingerprint density at radius 3 is 1.92 bits per heavy atom. The van der Waals surface area contributed by atoms with E-state index in [0.717, 1.165) is 0 Å². The van der Waals surface area contributed by atoms with Crippen LogP contribution in [-0.4, -0.2) is 4.68 Å². The van der Waals surface area contributed by atoms with Gasteiger partial charge in [0.15, 0.2) is 12.4 Å². The van der Waals surface area contributed by atoms with Crippen molar-refractivity contribution in [3.63, 3.8) is 0 Å². The van der Waals surface area contributed by atoms with Crippen LogP contribution in [0.4, 0.5) is 0 Å². The molecule has 3 heteroatoms. The van der Waals surface area contributed by atoms with Gasteiger partial charge in [-0.3, -0.25) is 0 Å². The molecule has 0 aromatic carbocycles.